The lowest BCUT2D eigenvalue weighted by molar-refractivity contribution is -0.146. The van der Waals surface area contributed by atoms with Gasteiger partial charge in [0.25, 0.3) is 0 Å². The predicted molar refractivity (Wildman–Crippen MR) is 123 cm³/mol. The second-order valence-electron chi connectivity index (χ2n) is 7.91. The standard InChI is InChI=1S/C23H31ClN2O3S/c1-23(2,18-24)22(28)25(12-8-13-29-3)17-21(27)26(16-20-11-7-14-30-20)15-19-9-5-4-6-10-19/h4-7,9-11,14H,8,12-13,15-18H2,1-3H3. The molecule has 0 atom stereocenters. The van der Waals surface area contributed by atoms with E-state index in [1.807, 2.05) is 66.6 Å². The Morgan fingerprint density at radius 2 is 1.80 bits per heavy atom. The maximum atomic E-state index is 13.3. The third-order valence-electron chi connectivity index (χ3n) is 4.80. The number of hydrogen-bond acceptors (Lipinski definition) is 4. The first-order chi connectivity index (χ1) is 14.4. The number of methoxy groups -OCH3 is 1. The Morgan fingerprint density at radius 1 is 1.07 bits per heavy atom. The van der Waals surface area contributed by atoms with Gasteiger partial charge >= 0.3 is 0 Å². The van der Waals surface area contributed by atoms with Crippen molar-refractivity contribution in [3.63, 3.8) is 0 Å². The zero-order valence-electron chi connectivity index (χ0n) is 18.0. The van der Waals surface area contributed by atoms with Crippen LogP contribution in [0.15, 0.2) is 47.8 Å². The summed E-state index contributed by atoms with van der Waals surface area (Å²) in [6.07, 6.45) is 0.664. The predicted octanol–water partition coefficient (Wildman–Crippen LogP) is 4.41. The highest BCUT2D eigenvalue weighted by molar-refractivity contribution is 7.09. The van der Waals surface area contributed by atoms with Crippen molar-refractivity contribution in [2.45, 2.75) is 33.4 Å². The van der Waals surface area contributed by atoms with Crippen molar-refractivity contribution in [2.75, 3.05) is 32.7 Å². The minimum absolute atomic E-state index is 0.0288. The van der Waals surface area contributed by atoms with Gasteiger partial charge in [-0.2, -0.15) is 0 Å². The number of thiophene rings is 1. The van der Waals surface area contributed by atoms with E-state index in [-0.39, 0.29) is 24.2 Å². The molecule has 0 fully saturated rings. The first-order valence-corrected chi connectivity index (χ1v) is 11.5. The van der Waals surface area contributed by atoms with Gasteiger partial charge in [0.05, 0.1) is 18.5 Å². The molecule has 0 aliphatic carbocycles. The molecule has 1 heterocycles. The number of halogens is 1. The molecule has 5 nitrogen and oxygen atoms in total. The second kappa shape index (κ2) is 12.1. The zero-order chi connectivity index (χ0) is 22.0. The van der Waals surface area contributed by atoms with Crippen molar-refractivity contribution in [1.29, 1.82) is 0 Å². The van der Waals surface area contributed by atoms with Crippen LogP contribution in [0.3, 0.4) is 0 Å². The van der Waals surface area contributed by atoms with Crippen molar-refractivity contribution < 1.29 is 14.3 Å². The van der Waals surface area contributed by atoms with E-state index in [4.69, 9.17) is 16.3 Å². The summed E-state index contributed by atoms with van der Waals surface area (Å²) in [5.74, 6) is 0.00474. The number of ether oxygens (including phenoxy) is 1. The number of hydrogen-bond donors (Lipinski definition) is 0. The number of alkyl halides is 1. The molecule has 0 unspecified atom stereocenters. The fourth-order valence-electron chi connectivity index (χ4n) is 3.03. The first-order valence-electron chi connectivity index (χ1n) is 10.1. The second-order valence-corrected chi connectivity index (χ2v) is 9.20. The molecule has 7 heteroatoms. The van der Waals surface area contributed by atoms with Crippen LogP contribution in [-0.2, 0) is 27.4 Å². The van der Waals surface area contributed by atoms with Crippen molar-refractivity contribution in [3.8, 4) is 0 Å². The van der Waals surface area contributed by atoms with Crippen molar-refractivity contribution in [3.05, 3.63) is 58.3 Å². The number of carbonyl (C=O) groups is 2. The fourth-order valence-corrected chi connectivity index (χ4v) is 3.86. The van der Waals surface area contributed by atoms with E-state index in [9.17, 15) is 9.59 Å². The van der Waals surface area contributed by atoms with Gasteiger partial charge in [-0.05, 0) is 37.3 Å². The summed E-state index contributed by atoms with van der Waals surface area (Å²) in [4.78, 5) is 30.9. The molecule has 0 spiro atoms. The van der Waals surface area contributed by atoms with Crippen LogP contribution in [0.2, 0.25) is 0 Å². The summed E-state index contributed by atoms with van der Waals surface area (Å²) < 4.78 is 5.13. The van der Waals surface area contributed by atoms with E-state index >= 15 is 0 Å². The Balaban J connectivity index is 2.18. The van der Waals surface area contributed by atoms with E-state index < -0.39 is 5.41 Å². The molecule has 1 aromatic heterocycles. The molecule has 0 saturated carbocycles. The Labute approximate surface area is 188 Å². The molecule has 0 saturated heterocycles. The summed E-state index contributed by atoms with van der Waals surface area (Å²) in [5, 5.41) is 2.00. The van der Waals surface area contributed by atoms with Gasteiger partial charge in [-0.15, -0.1) is 22.9 Å². The largest absolute Gasteiger partial charge is 0.385 e. The third-order valence-corrected chi connectivity index (χ3v) is 6.33. The van der Waals surface area contributed by atoms with E-state index in [0.717, 1.165) is 10.4 Å². The van der Waals surface area contributed by atoms with Gasteiger partial charge < -0.3 is 14.5 Å². The quantitative estimate of drug-likeness (QED) is 0.355. The lowest BCUT2D eigenvalue weighted by atomic mass is 9.94. The fraction of sp³-hybridized carbons (Fsp3) is 0.478. The molecular weight excluding hydrogens is 420 g/mol. The maximum absolute atomic E-state index is 13.3. The Hall–Kier alpha value is -1.89. The molecule has 0 aliphatic rings. The van der Waals surface area contributed by atoms with E-state index in [1.54, 1.807) is 23.3 Å². The van der Waals surface area contributed by atoms with Gasteiger partial charge in [0, 0.05) is 37.6 Å². The van der Waals surface area contributed by atoms with Gasteiger partial charge in [-0.25, -0.2) is 0 Å². The highest BCUT2D eigenvalue weighted by atomic mass is 35.5. The number of rotatable bonds is 12. The van der Waals surface area contributed by atoms with Crippen LogP contribution in [0.4, 0.5) is 0 Å². The minimum atomic E-state index is -0.729. The van der Waals surface area contributed by atoms with E-state index in [2.05, 4.69) is 0 Å². The number of amides is 2. The zero-order valence-corrected chi connectivity index (χ0v) is 19.5. The lowest BCUT2D eigenvalue weighted by Gasteiger charge is -2.32. The van der Waals surface area contributed by atoms with Gasteiger partial charge in [0.1, 0.15) is 0 Å². The summed E-state index contributed by atoms with van der Waals surface area (Å²) in [7, 11) is 1.63. The minimum Gasteiger partial charge on any atom is -0.385 e. The molecule has 0 N–H and O–H groups in total. The van der Waals surface area contributed by atoms with Crippen molar-refractivity contribution in [2.24, 2.45) is 5.41 Å². The topological polar surface area (TPSA) is 49.9 Å². The van der Waals surface area contributed by atoms with Crippen LogP contribution in [0.25, 0.3) is 0 Å². The van der Waals surface area contributed by atoms with Crippen LogP contribution in [0, 0.1) is 5.41 Å². The molecule has 164 valence electrons. The molecule has 2 aromatic rings. The highest BCUT2D eigenvalue weighted by Gasteiger charge is 2.33. The van der Waals surface area contributed by atoms with Crippen molar-refractivity contribution in [1.82, 2.24) is 9.80 Å². The number of carbonyl (C=O) groups excluding carboxylic acids is 2. The number of benzene rings is 1. The monoisotopic (exact) mass is 450 g/mol. The summed E-state index contributed by atoms with van der Waals surface area (Å²) >= 11 is 7.65. The Bertz CT molecular complexity index is 781. The molecule has 2 rings (SSSR count). The van der Waals surface area contributed by atoms with Gasteiger partial charge in [-0.3, -0.25) is 9.59 Å². The molecule has 30 heavy (non-hydrogen) atoms. The molecule has 0 bridgehead atoms. The van der Waals surface area contributed by atoms with Crippen molar-refractivity contribution >= 4 is 34.8 Å². The molecule has 2 amide bonds. The molecule has 0 aliphatic heterocycles. The van der Waals surface area contributed by atoms with E-state index in [0.29, 0.717) is 32.7 Å². The highest BCUT2D eigenvalue weighted by Crippen LogP contribution is 2.22. The SMILES string of the molecule is COCCCN(CC(=O)N(Cc1ccccc1)Cc1cccs1)C(=O)C(C)(C)CCl. The summed E-state index contributed by atoms with van der Waals surface area (Å²) in [6, 6.07) is 13.9. The third kappa shape index (κ3) is 7.42. The first kappa shape index (κ1) is 24.4. The van der Waals surface area contributed by atoms with Crippen LogP contribution >= 0.6 is 22.9 Å². The van der Waals surface area contributed by atoms with E-state index in [1.165, 1.54) is 0 Å². The van der Waals surface area contributed by atoms with Gasteiger partial charge in [0.15, 0.2) is 0 Å². The smallest absolute Gasteiger partial charge is 0.242 e. The average molecular weight is 451 g/mol. The normalized spacial score (nSPS) is 11.3. The molecule has 0 radical (unpaired) electrons. The Morgan fingerprint density at radius 3 is 2.40 bits per heavy atom. The van der Waals surface area contributed by atoms with Gasteiger partial charge in [-0.1, -0.05) is 36.4 Å². The molecular formula is C23H31ClN2O3S. The Kier molecular flexibility index (Phi) is 9.82. The molecule has 1 aromatic carbocycles. The number of nitrogens with zero attached hydrogens (tertiary/aromatic N) is 2. The summed E-state index contributed by atoms with van der Waals surface area (Å²) in [6.45, 7) is 5.65. The van der Waals surface area contributed by atoms with Crippen LogP contribution in [0.1, 0.15) is 30.7 Å². The summed E-state index contributed by atoms with van der Waals surface area (Å²) in [5.41, 5.74) is 0.327. The van der Waals surface area contributed by atoms with Gasteiger partial charge in [0.2, 0.25) is 11.8 Å². The van der Waals surface area contributed by atoms with Crippen LogP contribution in [-0.4, -0.2) is 54.3 Å². The average Bonchev–Trinajstić information content (AvgIpc) is 3.26. The van der Waals surface area contributed by atoms with Crippen LogP contribution < -0.4 is 0 Å². The lowest BCUT2D eigenvalue weighted by Crippen LogP contribution is -2.48. The maximum Gasteiger partial charge on any atom is 0.242 e. The van der Waals surface area contributed by atoms with Crippen LogP contribution in [0.5, 0.6) is 0 Å².